The average Bonchev–Trinajstić information content (AvgIpc) is 2.91. The first-order valence-electron chi connectivity index (χ1n) is 6.53. The first-order valence-corrected chi connectivity index (χ1v) is 7.79. The Balaban J connectivity index is 2.23. The summed E-state index contributed by atoms with van der Waals surface area (Å²) in [7, 11) is 0. The molecule has 0 amide bonds. The fraction of sp³-hybridized carbons (Fsp3) is 0.143. The molecule has 8 heteroatoms. The van der Waals surface area contributed by atoms with Crippen LogP contribution in [-0.4, -0.2) is 21.4 Å². The van der Waals surface area contributed by atoms with E-state index in [0.717, 1.165) is 21.3 Å². The Morgan fingerprint density at radius 1 is 1.41 bits per heavy atom. The fourth-order valence-electron chi connectivity index (χ4n) is 2.21. The summed E-state index contributed by atoms with van der Waals surface area (Å²) in [5.41, 5.74) is 1.67. The molecule has 0 bridgehead atoms. The zero-order chi connectivity index (χ0) is 15.7. The van der Waals surface area contributed by atoms with Crippen molar-refractivity contribution in [3.63, 3.8) is 0 Å². The summed E-state index contributed by atoms with van der Waals surface area (Å²) in [6, 6.07) is 6.52. The molecule has 2 aromatic heterocycles. The molecular formula is C14H11ClN4O2S. The number of rotatable bonds is 4. The van der Waals surface area contributed by atoms with Gasteiger partial charge >= 0.3 is 0 Å². The van der Waals surface area contributed by atoms with Gasteiger partial charge in [0, 0.05) is 29.6 Å². The first kappa shape index (κ1) is 14.7. The molecular weight excluding hydrogens is 324 g/mol. The maximum absolute atomic E-state index is 11.0. The van der Waals surface area contributed by atoms with E-state index >= 15 is 0 Å². The van der Waals surface area contributed by atoms with Gasteiger partial charge in [-0.2, -0.15) is 0 Å². The second-order valence-electron chi connectivity index (χ2n) is 4.51. The number of anilines is 1. The Kier molecular flexibility index (Phi) is 3.91. The lowest BCUT2D eigenvalue weighted by Crippen LogP contribution is -2.01. The number of fused-ring (bicyclic) bond motifs is 1. The highest BCUT2D eigenvalue weighted by Crippen LogP contribution is 2.38. The van der Waals surface area contributed by atoms with Gasteiger partial charge in [-0.3, -0.25) is 10.1 Å². The van der Waals surface area contributed by atoms with E-state index in [1.165, 1.54) is 17.4 Å². The predicted molar refractivity (Wildman–Crippen MR) is 88.7 cm³/mol. The Morgan fingerprint density at radius 3 is 2.95 bits per heavy atom. The van der Waals surface area contributed by atoms with E-state index < -0.39 is 4.92 Å². The topological polar surface area (TPSA) is 81.0 Å². The van der Waals surface area contributed by atoms with Gasteiger partial charge in [0.05, 0.1) is 10.3 Å². The third-order valence-corrected chi connectivity index (χ3v) is 4.16. The summed E-state index contributed by atoms with van der Waals surface area (Å²) in [6.45, 7) is 2.65. The first-order chi connectivity index (χ1) is 10.6. The van der Waals surface area contributed by atoms with Crippen molar-refractivity contribution in [1.29, 1.82) is 0 Å². The van der Waals surface area contributed by atoms with Crippen molar-refractivity contribution >= 4 is 44.7 Å². The summed E-state index contributed by atoms with van der Waals surface area (Å²) in [5, 5.41) is 17.0. The Hall–Kier alpha value is -2.25. The molecule has 112 valence electrons. The Labute approximate surface area is 134 Å². The number of halogens is 1. The zero-order valence-electron chi connectivity index (χ0n) is 11.5. The number of nitrogens with zero attached hydrogens (tertiary/aromatic N) is 3. The Bertz CT molecular complexity index is 865. The van der Waals surface area contributed by atoms with E-state index in [9.17, 15) is 10.1 Å². The third kappa shape index (κ3) is 2.60. The molecule has 3 rings (SSSR count). The highest BCUT2D eigenvalue weighted by atomic mass is 35.5. The van der Waals surface area contributed by atoms with Gasteiger partial charge in [-0.1, -0.05) is 12.1 Å². The molecule has 2 heterocycles. The van der Waals surface area contributed by atoms with Crippen LogP contribution >= 0.6 is 22.9 Å². The van der Waals surface area contributed by atoms with Crippen LogP contribution in [0.4, 0.5) is 11.5 Å². The van der Waals surface area contributed by atoms with Crippen molar-refractivity contribution < 1.29 is 4.92 Å². The monoisotopic (exact) mass is 334 g/mol. The molecule has 0 fully saturated rings. The maximum atomic E-state index is 11.0. The maximum Gasteiger partial charge on any atom is 0.270 e. The van der Waals surface area contributed by atoms with Crippen LogP contribution in [-0.2, 0) is 0 Å². The minimum atomic E-state index is -0.406. The van der Waals surface area contributed by atoms with E-state index in [0.29, 0.717) is 12.4 Å². The van der Waals surface area contributed by atoms with E-state index in [4.69, 9.17) is 11.6 Å². The SMILES string of the molecule is CCNc1nc(Cl)nc2scc(-c3cccc([N+](=O)[O-])c3)c12. The van der Waals surface area contributed by atoms with E-state index in [1.54, 1.807) is 12.1 Å². The zero-order valence-corrected chi connectivity index (χ0v) is 13.1. The highest BCUT2D eigenvalue weighted by molar-refractivity contribution is 7.17. The number of hydrogen-bond acceptors (Lipinski definition) is 6. The molecule has 0 aliphatic heterocycles. The summed E-state index contributed by atoms with van der Waals surface area (Å²) in [6.07, 6.45) is 0. The number of aromatic nitrogens is 2. The predicted octanol–water partition coefficient (Wildman–Crippen LogP) is 4.35. The molecule has 3 aromatic rings. The van der Waals surface area contributed by atoms with Crippen molar-refractivity contribution in [3.05, 3.63) is 45.0 Å². The summed E-state index contributed by atoms with van der Waals surface area (Å²) >= 11 is 7.37. The molecule has 1 N–H and O–H groups in total. The molecule has 22 heavy (non-hydrogen) atoms. The molecule has 1 aromatic carbocycles. The minimum Gasteiger partial charge on any atom is -0.370 e. The van der Waals surface area contributed by atoms with Crippen molar-refractivity contribution in [2.75, 3.05) is 11.9 Å². The van der Waals surface area contributed by atoms with Crippen molar-refractivity contribution in [2.45, 2.75) is 6.92 Å². The van der Waals surface area contributed by atoms with Crippen LogP contribution in [0.5, 0.6) is 0 Å². The molecule has 6 nitrogen and oxygen atoms in total. The van der Waals surface area contributed by atoms with Gasteiger partial charge in [0.2, 0.25) is 5.28 Å². The Morgan fingerprint density at radius 2 is 2.23 bits per heavy atom. The van der Waals surface area contributed by atoms with Crippen LogP contribution in [0.2, 0.25) is 5.28 Å². The largest absolute Gasteiger partial charge is 0.370 e. The van der Waals surface area contributed by atoms with Gasteiger partial charge < -0.3 is 5.32 Å². The van der Waals surface area contributed by atoms with Crippen LogP contribution in [0.25, 0.3) is 21.3 Å². The number of non-ortho nitro benzene ring substituents is 1. The molecule has 0 aliphatic carbocycles. The standard InChI is InChI=1S/C14H11ClN4O2S/c1-2-16-12-11-10(7-22-13(11)18-14(15)17-12)8-4-3-5-9(6-8)19(20)21/h3-7H,2H2,1H3,(H,16,17,18). The van der Waals surface area contributed by atoms with Crippen LogP contribution in [0, 0.1) is 10.1 Å². The quantitative estimate of drug-likeness (QED) is 0.435. The number of nitro groups is 1. The smallest absolute Gasteiger partial charge is 0.270 e. The molecule has 0 aliphatic rings. The van der Waals surface area contributed by atoms with Gasteiger partial charge in [-0.05, 0) is 24.1 Å². The van der Waals surface area contributed by atoms with Crippen LogP contribution in [0.1, 0.15) is 6.92 Å². The van der Waals surface area contributed by atoms with Crippen molar-refractivity contribution in [3.8, 4) is 11.1 Å². The minimum absolute atomic E-state index is 0.0525. The lowest BCUT2D eigenvalue weighted by molar-refractivity contribution is -0.384. The third-order valence-electron chi connectivity index (χ3n) is 3.12. The van der Waals surface area contributed by atoms with Gasteiger partial charge in [0.25, 0.3) is 5.69 Å². The lowest BCUT2D eigenvalue weighted by Gasteiger charge is -2.07. The molecule has 0 radical (unpaired) electrons. The molecule has 0 spiro atoms. The molecule has 0 atom stereocenters. The van der Waals surface area contributed by atoms with E-state index in [-0.39, 0.29) is 11.0 Å². The van der Waals surface area contributed by atoms with Gasteiger partial charge in [-0.25, -0.2) is 9.97 Å². The second-order valence-corrected chi connectivity index (χ2v) is 5.70. The molecule has 0 saturated heterocycles. The second kappa shape index (κ2) is 5.86. The van der Waals surface area contributed by atoms with Crippen LogP contribution in [0.15, 0.2) is 29.6 Å². The van der Waals surface area contributed by atoms with Crippen LogP contribution in [0.3, 0.4) is 0 Å². The van der Waals surface area contributed by atoms with Gasteiger partial charge in [-0.15, -0.1) is 11.3 Å². The fourth-order valence-corrected chi connectivity index (χ4v) is 3.38. The lowest BCUT2D eigenvalue weighted by atomic mass is 10.1. The van der Waals surface area contributed by atoms with Gasteiger partial charge in [0.15, 0.2) is 0 Å². The summed E-state index contributed by atoms with van der Waals surface area (Å²) in [5.74, 6) is 0.639. The summed E-state index contributed by atoms with van der Waals surface area (Å²) in [4.78, 5) is 19.7. The number of benzene rings is 1. The van der Waals surface area contributed by atoms with Crippen molar-refractivity contribution in [1.82, 2.24) is 9.97 Å². The number of nitrogens with one attached hydrogen (secondary N) is 1. The number of thiophene rings is 1. The van der Waals surface area contributed by atoms with Gasteiger partial charge in [0.1, 0.15) is 10.6 Å². The normalized spacial score (nSPS) is 10.8. The summed E-state index contributed by atoms with van der Waals surface area (Å²) < 4.78 is 0. The van der Waals surface area contributed by atoms with Crippen LogP contribution < -0.4 is 5.32 Å². The molecule has 0 saturated carbocycles. The highest BCUT2D eigenvalue weighted by Gasteiger charge is 2.16. The average molecular weight is 335 g/mol. The molecule has 0 unspecified atom stereocenters. The van der Waals surface area contributed by atoms with E-state index in [2.05, 4.69) is 15.3 Å². The van der Waals surface area contributed by atoms with Crippen molar-refractivity contribution in [2.24, 2.45) is 0 Å². The number of nitro benzene ring substituents is 1. The number of hydrogen-bond donors (Lipinski definition) is 1. The van der Waals surface area contributed by atoms with E-state index in [1.807, 2.05) is 18.4 Å².